The maximum absolute atomic E-state index is 6.08. The average Bonchev–Trinajstić information content (AvgIpc) is 2.94. The van der Waals surface area contributed by atoms with Crippen LogP contribution in [0, 0.1) is 5.92 Å². The van der Waals surface area contributed by atoms with E-state index in [0.717, 1.165) is 18.5 Å². The second-order valence-electron chi connectivity index (χ2n) is 5.80. The van der Waals surface area contributed by atoms with Gasteiger partial charge in [0.15, 0.2) is 0 Å². The quantitative estimate of drug-likeness (QED) is 0.906. The lowest BCUT2D eigenvalue weighted by Crippen LogP contribution is -2.49. The minimum absolute atomic E-state index is 0.460. The summed E-state index contributed by atoms with van der Waals surface area (Å²) in [5, 5.41) is 4.46. The molecule has 1 saturated carbocycles. The van der Waals surface area contributed by atoms with E-state index >= 15 is 0 Å². The summed E-state index contributed by atoms with van der Waals surface area (Å²) in [7, 11) is 0. The third kappa shape index (κ3) is 2.36. The fourth-order valence-electron chi connectivity index (χ4n) is 3.98. The molecular formula is C15H24N2S. The van der Waals surface area contributed by atoms with Crippen molar-refractivity contribution in [3.63, 3.8) is 0 Å². The number of fused-ring (bicyclic) bond motifs is 1. The highest BCUT2D eigenvalue weighted by molar-refractivity contribution is 7.07. The van der Waals surface area contributed by atoms with E-state index in [-0.39, 0.29) is 0 Å². The Morgan fingerprint density at radius 1 is 1.28 bits per heavy atom. The normalized spacial score (nSPS) is 30.9. The van der Waals surface area contributed by atoms with Gasteiger partial charge < -0.3 is 5.73 Å². The molecule has 1 aliphatic carbocycles. The molecule has 2 heterocycles. The number of nitrogens with two attached hydrogens (primary N) is 1. The molecule has 0 radical (unpaired) electrons. The lowest BCUT2D eigenvalue weighted by molar-refractivity contribution is 0.0277. The SMILES string of the molecule is NCC(c1ccsc1)N1CCC[C@H]2CCCC[C@H]21. The summed E-state index contributed by atoms with van der Waals surface area (Å²) in [6.07, 6.45) is 8.51. The highest BCUT2D eigenvalue weighted by Gasteiger charge is 2.36. The number of nitrogens with zero attached hydrogens (tertiary/aromatic N) is 1. The predicted octanol–water partition coefficient (Wildman–Crippen LogP) is 3.40. The van der Waals surface area contributed by atoms with E-state index < -0.39 is 0 Å². The summed E-state index contributed by atoms with van der Waals surface area (Å²) in [6, 6.07) is 3.53. The molecule has 2 fully saturated rings. The molecule has 1 saturated heterocycles. The third-order valence-electron chi connectivity index (χ3n) is 4.84. The van der Waals surface area contributed by atoms with E-state index in [1.54, 1.807) is 11.3 Å². The van der Waals surface area contributed by atoms with Gasteiger partial charge in [-0.15, -0.1) is 0 Å². The van der Waals surface area contributed by atoms with Crippen LogP contribution in [0.1, 0.15) is 50.1 Å². The van der Waals surface area contributed by atoms with E-state index in [1.807, 2.05) is 0 Å². The Hall–Kier alpha value is -0.380. The Bertz CT molecular complexity index is 361. The van der Waals surface area contributed by atoms with Crippen LogP contribution in [0.4, 0.5) is 0 Å². The first-order valence-electron chi connectivity index (χ1n) is 7.38. The lowest BCUT2D eigenvalue weighted by Gasteiger charge is -2.47. The number of piperidine rings is 1. The summed E-state index contributed by atoms with van der Waals surface area (Å²) in [5.41, 5.74) is 7.52. The smallest absolute Gasteiger partial charge is 0.0481 e. The third-order valence-corrected chi connectivity index (χ3v) is 5.54. The Morgan fingerprint density at radius 2 is 2.11 bits per heavy atom. The molecule has 0 bridgehead atoms. The molecule has 0 aromatic carbocycles. The molecule has 1 aliphatic heterocycles. The van der Waals surface area contributed by atoms with E-state index in [4.69, 9.17) is 5.73 Å². The van der Waals surface area contributed by atoms with Gasteiger partial charge in [0.25, 0.3) is 0 Å². The summed E-state index contributed by atoms with van der Waals surface area (Å²) in [5.74, 6) is 0.945. The maximum Gasteiger partial charge on any atom is 0.0481 e. The van der Waals surface area contributed by atoms with Crippen LogP contribution in [-0.4, -0.2) is 24.0 Å². The van der Waals surface area contributed by atoms with Crippen LogP contribution in [0.15, 0.2) is 16.8 Å². The molecule has 3 atom stereocenters. The van der Waals surface area contributed by atoms with Crippen LogP contribution >= 0.6 is 11.3 Å². The van der Waals surface area contributed by atoms with Gasteiger partial charge in [-0.2, -0.15) is 11.3 Å². The van der Waals surface area contributed by atoms with Crippen molar-refractivity contribution >= 4 is 11.3 Å². The zero-order valence-corrected chi connectivity index (χ0v) is 11.9. The second-order valence-corrected chi connectivity index (χ2v) is 6.58. The molecule has 0 amide bonds. The summed E-state index contributed by atoms with van der Waals surface area (Å²) in [6.45, 7) is 2.01. The molecular weight excluding hydrogens is 240 g/mol. The van der Waals surface area contributed by atoms with Gasteiger partial charge in [0.05, 0.1) is 0 Å². The number of rotatable bonds is 3. The van der Waals surface area contributed by atoms with Gasteiger partial charge in [0, 0.05) is 18.6 Å². The Balaban J connectivity index is 1.80. The minimum atomic E-state index is 0.460. The molecule has 18 heavy (non-hydrogen) atoms. The van der Waals surface area contributed by atoms with Gasteiger partial charge in [-0.1, -0.05) is 12.8 Å². The fraction of sp³-hybridized carbons (Fsp3) is 0.733. The van der Waals surface area contributed by atoms with Crippen LogP contribution < -0.4 is 5.73 Å². The maximum atomic E-state index is 6.08. The molecule has 1 unspecified atom stereocenters. The van der Waals surface area contributed by atoms with Crippen LogP contribution in [0.2, 0.25) is 0 Å². The summed E-state index contributed by atoms with van der Waals surface area (Å²) >= 11 is 1.79. The number of hydrogen-bond donors (Lipinski definition) is 1. The zero-order valence-electron chi connectivity index (χ0n) is 11.1. The van der Waals surface area contributed by atoms with Gasteiger partial charge in [-0.05, 0) is 60.5 Å². The fourth-order valence-corrected chi connectivity index (χ4v) is 4.68. The van der Waals surface area contributed by atoms with E-state index in [2.05, 4.69) is 21.7 Å². The minimum Gasteiger partial charge on any atom is -0.329 e. The predicted molar refractivity (Wildman–Crippen MR) is 77.8 cm³/mol. The Kier molecular flexibility index (Phi) is 4.02. The van der Waals surface area contributed by atoms with Gasteiger partial charge in [0.1, 0.15) is 0 Å². The lowest BCUT2D eigenvalue weighted by atomic mass is 9.77. The van der Waals surface area contributed by atoms with Gasteiger partial charge in [-0.3, -0.25) is 4.90 Å². The van der Waals surface area contributed by atoms with Crippen LogP contribution in [-0.2, 0) is 0 Å². The van der Waals surface area contributed by atoms with E-state index in [1.165, 1.54) is 50.6 Å². The van der Waals surface area contributed by atoms with Crippen molar-refractivity contribution in [3.8, 4) is 0 Å². The van der Waals surface area contributed by atoms with Crippen molar-refractivity contribution in [3.05, 3.63) is 22.4 Å². The molecule has 2 nitrogen and oxygen atoms in total. The van der Waals surface area contributed by atoms with Gasteiger partial charge >= 0.3 is 0 Å². The highest BCUT2D eigenvalue weighted by Crippen LogP contribution is 2.39. The van der Waals surface area contributed by atoms with E-state index in [0.29, 0.717) is 6.04 Å². The molecule has 1 aromatic heterocycles. The number of likely N-dealkylation sites (tertiary alicyclic amines) is 1. The summed E-state index contributed by atoms with van der Waals surface area (Å²) in [4.78, 5) is 2.73. The topological polar surface area (TPSA) is 29.3 Å². The molecule has 2 N–H and O–H groups in total. The number of hydrogen-bond acceptors (Lipinski definition) is 3. The first-order valence-corrected chi connectivity index (χ1v) is 8.32. The number of thiophene rings is 1. The van der Waals surface area contributed by atoms with Crippen molar-refractivity contribution in [2.75, 3.05) is 13.1 Å². The van der Waals surface area contributed by atoms with Gasteiger partial charge in [0.2, 0.25) is 0 Å². The second kappa shape index (κ2) is 5.72. The standard InChI is InChI=1S/C15H24N2S/c16-10-15(13-7-9-18-11-13)17-8-3-5-12-4-1-2-6-14(12)17/h7,9,11-12,14-15H,1-6,8,10,16H2/t12-,14-,15?/m1/s1. The molecule has 3 rings (SSSR count). The molecule has 2 aliphatic rings. The first kappa shape index (κ1) is 12.6. The van der Waals surface area contributed by atoms with E-state index in [9.17, 15) is 0 Å². The highest BCUT2D eigenvalue weighted by atomic mass is 32.1. The monoisotopic (exact) mass is 264 g/mol. The first-order chi connectivity index (χ1) is 8.90. The largest absolute Gasteiger partial charge is 0.329 e. The molecule has 1 aromatic rings. The van der Waals surface area contributed by atoms with Crippen molar-refractivity contribution < 1.29 is 0 Å². The van der Waals surface area contributed by atoms with Gasteiger partial charge in [-0.25, -0.2) is 0 Å². The zero-order chi connectivity index (χ0) is 12.4. The Morgan fingerprint density at radius 3 is 2.89 bits per heavy atom. The van der Waals surface area contributed by atoms with Crippen molar-refractivity contribution in [1.82, 2.24) is 4.90 Å². The molecule has 100 valence electrons. The van der Waals surface area contributed by atoms with Crippen molar-refractivity contribution in [2.24, 2.45) is 11.7 Å². The average molecular weight is 264 g/mol. The van der Waals surface area contributed by atoms with Crippen LogP contribution in [0.25, 0.3) is 0 Å². The summed E-state index contributed by atoms with van der Waals surface area (Å²) < 4.78 is 0. The van der Waals surface area contributed by atoms with Crippen molar-refractivity contribution in [2.45, 2.75) is 50.6 Å². The molecule has 3 heteroatoms. The molecule has 0 spiro atoms. The van der Waals surface area contributed by atoms with Crippen molar-refractivity contribution in [1.29, 1.82) is 0 Å². The Labute approximate surface area is 114 Å². The van der Waals surface area contributed by atoms with Crippen LogP contribution in [0.3, 0.4) is 0 Å². The van der Waals surface area contributed by atoms with Crippen LogP contribution in [0.5, 0.6) is 0 Å².